The monoisotopic (exact) mass is 217 g/mol. The van der Waals surface area contributed by atoms with E-state index in [4.69, 9.17) is 14.2 Å². The van der Waals surface area contributed by atoms with Crippen LogP contribution in [-0.2, 0) is 19.0 Å². The predicted octanol–water partition coefficient (Wildman–Crippen LogP) is -1.72. The van der Waals surface area contributed by atoms with Gasteiger partial charge in [-0.15, -0.1) is 0 Å². The van der Waals surface area contributed by atoms with E-state index in [1.807, 2.05) is 0 Å². The minimum atomic E-state index is -0.584. The average Bonchev–Trinajstić information content (AvgIpc) is 2.72. The second kappa shape index (κ2) is 4.44. The van der Waals surface area contributed by atoms with Crippen molar-refractivity contribution >= 4 is 5.91 Å². The molecule has 0 spiro atoms. The molecule has 2 aliphatic heterocycles. The van der Waals surface area contributed by atoms with Crippen molar-refractivity contribution in [3.05, 3.63) is 0 Å². The fourth-order valence-electron chi connectivity index (χ4n) is 1.98. The topological polar surface area (TPSA) is 77.0 Å². The number of rotatable bonds is 3. The maximum atomic E-state index is 11.3. The number of methoxy groups -OCH3 is 1. The molecule has 0 saturated carbocycles. The average molecular weight is 217 g/mol. The highest BCUT2D eigenvalue weighted by atomic mass is 16.6. The number of carbonyl (C=O) groups excluding carboxylic acids is 1. The van der Waals surface area contributed by atoms with Crippen molar-refractivity contribution in [3.63, 3.8) is 0 Å². The van der Waals surface area contributed by atoms with Gasteiger partial charge in [0, 0.05) is 7.11 Å². The molecule has 2 fully saturated rings. The molecule has 0 aromatic heterocycles. The minimum absolute atomic E-state index is 0.0242. The molecule has 2 aliphatic rings. The zero-order valence-electron chi connectivity index (χ0n) is 8.51. The van der Waals surface area contributed by atoms with Crippen molar-refractivity contribution in [2.75, 3.05) is 26.9 Å². The maximum Gasteiger partial charge on any atom is 0.246 e. The Morgan fingerprint density at radius 3 is 2.93 bits per heavy atom. The second-order valence-electron chi connectivity index (χ2n) is 3.77. The first-order chi connectivity index (χ1) is 7.22. The Hall–Kier alpha value is -0.690. The van der Waals surface area contributed by atoms with E-state index in [9.17, 15) is 9.90 Å². The third-order valence-corrected chi connectivity index (χ3v) is 2.65. The molecule has 0 bridgehead atoms. The van der Waals surface area contributed by atoms with Crippen LogP contribution in [0.3, 0.4) is 0 Å². The SMILES string of the molecule is COCC(=O)NC1COC2C(O)COC12. The summed E-state index contributed by atoms with van der Waals surface area (Å²) >= 11 is 0. The van der Waals surface area contributed by atoms with Gasteiger partial charge in [-0.25, -0.2) is 0 Å². The Bertz CT molecular complexity index is 247. The smallest absolute Gasteiger partial charge is 0.246 e. The number of hydrogen-bond acceptors (Lipinski definition) is 5. The Kier molecular flexibility index (Phi) is 3.20. The van der Waals surface area contributed by atoms with E-state index in [0.717, 1.165) is 0 Å². The van der Waals surface area contributed by atoms with E-state index in [2.05, 4.69) is 5.32 Å². The van der Waals surface area contributed by atoms with Gasteiger partial charge in [0.15, 0.2) is 0 Å². The van der Waals surface area contributed by atoms with Crippen molar-refractivity contribution in [1.82, 2.24) is 5.32 Å². The van der Waals surface area contributed by atoms with Crippen molar-refractivity contribution < 1.29 is 24.1 Å². The molecule has 0 aromatic rings. The molecule has 15 heavy (non-hydrogen) atoms. The molecule has 2 N–H and O–H groups in total. The first-order valence-corrected chi connectivity index (χ1v) is 4.92. The molecule has 6 nitrogen and oxygen atoms in total. The quantitative estimate of drug-likeness (QED) is 0.588. The molecular formula is C9H15NO5. The van der Waals surface area contributed by atoms with Crippen LogP contribution in [0.25, 0.3) is 0 Å². The van der Waals surface area contributed by atoms with E-state index in [0.29, 0.717) is 6.61 Å². The molecule has 1 amide bonds. The van der Waals surface area contributed by atoms with Gasteiger partial charge in [0.2, 0.25) is 5.91 Å². The number of aliphatic hydroxyl groups is 1. The predicted molar refractivity (Wildman–Crippen MR) is 49.3 cm³/mol. The Morgan fingerprint density at radius 1 is 1.47 bits per heavy atom. The lowest BCUT2D eigenvalue weighted by Gasteiger charge is -2.16. The number of nitrogens with one attached hydrogen (secondary N) is 1. The number of amides is 1. The maximum absolute atomic E-state index is 11.3. The van der Waals surface area contributed by atoms with Crippen LogP contribution in [0.15, 0.2) is 0 Å². The largest absolute Gasteiger partial charge is 0.388 e. The zero-order chi connectivity index (χ0) is 10.8. The molecule has 4 unspecified atom stereocenters. The number of ether oxygens (including phenoxy) is 3. The third-order valence-electron chi connectivity index (χ3n) is 2.65. The van der Waals surface area contributed by atoms with Crippen LogP contribution in [0, 0.1) is 0 Å². The molecule has 4 atom stereocenters. The van der Waals surface area contributed by atoms with E-state index >= 15 is 0 Å². The van der Waals surface area contributed by atoms with E-state index < -0.39 is 6.10 Å². The summed E-state index contributed by atoms with van der Waals surface area (Å²) in [6.45, 7) is 0.671. The summed E-state index contributed by atoms with van der Waals surface area (Å²) in [5, 5.41) is 12.2. The van der Waals surface area contributed by atoms with Crippen molar-refractivity contribution in [2.45, 2.75) is 24.4 Å². The van der Waals surface area contributed by atoms with Gasteiger partial charge in [0.1, 0.15) is 24.9 Å². The lowest BCUT2D eigenvalue weighted by atomic mass is 10.1. The third kappa shape index (κ3) is 2.12. The standard InChI is InChI=1S/C9H15NO5/c1-13-4-7(12)10-5-2-14-9-6(11)3-15-8(5)9/h5-6,8-9,11H,2-4H2,1H3,(H,10,12). The fourth-order valence-corrected chi connectivity index (χ4v) is 1.98. The van der Waals surface area contributed by atoms with Gasteiger partial charge in [-0.3, -0.25) is 4.79 Å². The number of aliphatic hydroxyl groups excluding tert-OH is 1. The van der Waals surface area contributed by atoms with Crippen LogP contribution in [-0.4, -0.2) is 62.3 Å². The normalized spacial score (nSPS) is 39.1. The summed E-state index contributed by atoms with van der Waals surface area (Å²) in [5.74, 6) is -0.197. The van der Waals surface area contributed by atoms with Crippen LogP contribution in [0.4, 0.5) is 0 Å². The van der Waals surface area contributed by atoms with Gasteiger partial charge < -0.3 is 24.6 Å². The highest BCUT2D eigenvalue weighted by molar-refractivity contribution is 5.77. The lowest BCUT2D eigenvalue weighted by molar-refractivity contribution is -0.126. The zero-order valence-corrected chi connectivity index (χ0v) is 8.51. The lowest BCUT2D eigenvalue weighted by Crippen LogP contribution is -2.45. The fraction of sp³-hybridized carbons (Fsp3) is 0.889. The number of fused-ring (bicyclic) bond motifs is 1. The summed E-state index contributed by atoms with van der Waals surface area (Å²) in [7, 11) is 1.46. The number of hydrogen-bond donors (Lipinski definition) is 2. The van der Waals surface area contributed by atoms with E-state index in [1.165, 1.54) is 7.11 Å². The Balaban J connectivity index is 1.87. The first kappa shape index (κ1) is 10.8. The van der Waals surface area contributed by atoms with Gasteiger partial charge in [0.25, 0.3) is 0 Å². The van der Waals surface area contributed by atoms with Gasteiger partial charge in [-0.1, -0.05) is 0 Å². The first-order valence-electron chi connectivity index (χ1n) is 4.92. The number of carbonyl (C=O) groups is 1. The van der Waals surface area contributed by atoms with Crippen LogP contribution in [0.5, 0.6) is 0 Å². The molecule has 0 aliphatic carbocycles. The van der Waals surface area contributed by atoms with Crippen molar-refractivity contribution in [1.29, 1.82) is 0 Å². The molecule has 0 aromatic carbocycles. The van der Waals surface area contributed by atoms with Gasteiger partial charge in [-0.2, -0.15) is 0 Å². The summed E-state index contributed by atoms with van der Waals surface area (Å²) in [5.41, 5.74) is 0. The minimum Gasteiger partial charge on any atom is -0.388 e. The molecule has 86 valence electrons. The summed E-state index contributed by atoms with van der Waals surface area (Å²) in [4.78, 5) is 11.3. The van der Waals surface area contributed by atoms with Crippen molar-refractivity contribution in [3.8, 4) is 0 Å². The van der Waals surface area contributed by atoms with Crippen LogP contribution >= 0.6 is 0 Å². The van der Waals surface area contributed by atoms with Crippen LogP contribution < -0.4 is 5.32 Å². The van der Waals surface area contributed by atoms with E-state index in [1.54, 1.807) is 0 Å². The molecule has 2 saturated heterocycles. The summed E-state index contributed by atoms with van der Waals surface area (Å²) in [6, 6.07) is -0.185. The Labute approximate surface area is 87.5 Å². The molecule has 2 heterocycles. The van der Waals surface area contributed by atoms with Crippen molar-refractivity contribution in [2.24, 2.45) is 0 Å². The van der Waals surface area contributed by atoms with Gasteiger partial charge >= 0.3 is 0 Å². The molecule has 6 heteroatoms. The van der Waals surface area contributed by atoms with E-state index in [-0.39, 0.29) is 37.4 Å². The molecular weight excluding hydrogens is 202 g/mol. The van der Waals surface area contributed by atoms with Gasteiger partial charge in [-0.05, 0) is 0 Å². The summed E-state index contributed by atoms with van der Waals surface area (Å²) < 4.78 is 15.4. The van der Waals surface area contributed by atoms with Gasteiger partial charge in [0.05, 0.1) is 19.3 Å². The summed E-state index contributed by atoms with van der Waals surface area (Å²) in [6.07, 6.45) is -1.13. The second-order valence-corrected chi connectivity index (χ2v) is 3.77. The highest BCUT2D eigenvalue weighted by Crippen LogP contribution is 2.26. The van der Waals surface area contributed by atoms with Crippen LogP contribution in [0.1, 0.15) is 0 Å². The van der Waals surface area contributed by atoms with Crippen LogP contribution in [0.2, 0.25) is 0 Å². The molecule has 0 radical (unpaired) electrons. The Morgan fingerprint density at radius 2 is 2.20 bits per heavy atom. The molecule has 2 rings (SSSR count). The highest BCUT2D eigenvalue weighted by Gasteiger charge is 2.47.